The Bertz CT molecular complexity index is 1710. The number of carbonyl (C=O) groups excluding carboxylic acids is 1. The maximum atomic E-state index is 14.0. The fourth-order valence-electron chi connectivity index (χ4n) is 4.70. The number of hydrogen-bond acceptors (Lipinski definition) is 6. The molecule has 0 radical (unpaired) electrons. The zero-order valence-electron chi connectivity index (χ0n) is 22.4. The summed E-state index contributed by atoms with van der Waals surface area (Å²) in [6.07, 6.45) is 1.88. The van der Waals surface area contributed by atoms with E-state index in [1.807, 2.05) is 72.8 Å². The van der Waals surface area contributed by atoms with Gasteiger partial charge in [-0.05, 0) is 47.7 Å². The third kappa shape index (κ3) is 5.22. The van der Waals surface area contributed by atoms with E-state index in [-0.39, 0.29) is 12.2 Å². The van der Waals surface area contributed by atoms with Crippen molar-refractivity contribution in [2.45, 2.75) is 32.7 Å². The molecule has 1 atom stereocenters. The summed E-state index contributed by atoms with van der Waals surface area (Å²) in [5, 5.41) is 0. The van der Waals surface area contributed by atoms with Crippen LogP contribution in [0, 0.1) is 0 Å². The smallest absolute Gasteiger partial charge is 0.338 e. The van der Waals surface area contributed by atoms with Crippen LogP contribution in [0.2, 0.25) is 0 Å². The molecule has 0 aliphatic carbocycles. The van der Waals surface area contributed by atoms with Crippen molar-refractivity contribution in [1.29, 1.82) is 0 Å². The monoisotopic (exact) mass is 538 g/mol. The largest absolute Gasteiger partial charge is 0.497 e. The lowest BCUT2D eigenvalue weighted by Crippen LogP contribution is -2.40. The molecule has 1 aromatic heterocycles. The molecule has 4 aromatic rings. The number of hydrogen-bond donors (Lipinski definition) is 0. The second-order valence-electron chi connectivity index (χ2n) is 9.53. The molecule has 0 saturated heterocycles. The normalized spacial score (nSPS) is 15.2. The Morgan fingerprint density at radius 2 is 1.79 bits per heavy atom. The zero-order chi connectivity index (χ0) is 27.5. The average molecular weight is 539 g/mol. The van der Waals surface area contributed by atoms with Gasteiger partial charge in [-0.1, -0.05) is 91.9 Å². The molecule has 39 heavy (non-hydrogen) atoms. The van der Waals surface area contributed by atoms with Crippen molar-refractivity contribution in [3.8, 4) is 5.75 Å². The summed E-state index contributed by atoms with van der Waals surface area (Å²) >= 11 is 1.31. The van der Waals surface area contributed by atoms with E-state index in [0.717, 1.165) is 16.7 Å². The van der Waals surface area contributed by atoms with Crippen molar-refractivity contribution >= 4 is 29.1 Å². The maximum Gasteiger partial charge on any atom is 0.338 e. The van der Waals surface area contributed by atoms with Gasteiger partial charge in [-0.15, -0.1) is 0 Å². The molecule has 2 heterocycles. The molecule has 3 aromatic carbocycles. The van der Waals surface area contributed by atoms with Gasteiger partial charge >= 0.3 is 5.97 Å². The molecule has 0 bridgehead atoms. The molecule has 0 amide bonds. The lowest BCUT2D eigenvalue weighted by molar-refractivity contribution is -0.138. The minimum absolute atomic E-state index is 0.200. The van der Waals surface area contributed by atoms with E-state index < -0.39 is 12.0 Å². The number of esters is 1. The van der Waals surface area contributed by atoms with Crippen molar-refractivity contribution in [2.24, 2.45) is 4.99 Å². The Kier molecular flexibility index (Phi) is 7.61. The van der Waals surface area contributed by atoms with Crippen LogP contribution < -0.4 is 19.6 Å². The van der Waals surface area contributed by atoms with Gasteiger partial charge in [0, 0.05) is 5.56 Å². The van der Waals surface area contributed by atoms with Gasteiger partial charge in [0.15, 0.2) is 4.80 Å². The van der Waals surface area contributed by atoms with Gasteiger partial charge in [-0.25, -0.2) is 9.79 Å². The molecule has 0 N–H and O–H groups in total. The van der Waals surface area contributed by atoms with E-state index in [1.165, 1.54) is 16.9 Å². The fraction of sp³-hybridized carbons (Fsp3) is 0.219. The summed E-state index contributed by atoms with van der Waals surface area (Å²) in [7, 11) is 1.59. The van der Waals surface area contributed by atoms with E-state index in [9.17, 15) is 9.59 Å². The Morgan fingerprint density at radius 3 is 2.46 bits per heavy atom. The van der Waals surface area contributed by atoms with Crippen LogP contribution in [0.25, 0.3) is 11.8 Å². The average Bonchev–Trinajstić information content (AvgIpc) is 3.27. The highest BCUT2D eigenvalue weighted by atomic mass is 32.1. The Labute approximate surface area is 231 Å². The van der Waals surface area contributed by atoms with Crippen molar-refractivity contribution in [2.75, 3.05) is 13.7 Å². The van der Waals surface area contributed by atoms with Crippen LogP contribution in [0.4, 0.5) is 0 Å². The summed E-state index contributed by atoms with van der Waals surface area (Å²) in [6, 6.07) is 24.4. The molecular weight excluding hydrogens is 508 g/mol. The number of carbonyl (C=O) groups is 1. The van der Waals surface area contributed by atoms with Crippen molar-refractivity contribution < 1.29 is 14.3 Å². The Hall–Kier alpha value is -4.23. The van der Waals surface area contributed by atoms with E-state index in [2.05, 4.69) is 26.0 Å². The molecule has 7 heteroatoms. The topological polar surface area (TPSA) is 69.9 Å². The number of aromatic nitrogens is 1. The van der Waals surface area contributed by atoms with Crippen molar-refractivity contribution in [3.63, 3.8) is 0 Å². The Morgan fingerprint density at radius 1 is 1.05 bits per heavy atom. The SMILES string of the molecule is CCOC(=O)C1=C(c2ccccc2)N=c2s/c(=C\c3ccc(C(C)C)cc3)c(=O)n2[C@@H]1c1cccc(OC)c1. The van der Waals surface area contributed by atoms with Crippen molar-refractivity contribution in [1.82, 2.24) is 4.57 Å². The summed E-state index contributed by atoms with van der Waals surface area (Å²) in [5.41, 5.74) is 4.26. The molecule has 5 rings (SSSR count). The molecule has 0 fully saturated rings. The van der Waals surface area contributed by atoms with Crippen LogP contribution in [0.5, 0.6) is 5.75 Å². The summed E-state index contributed by atoms with van der Waals surface area (Å²) in [6.45, 7) is 6.27. The van der Waals surface area contributed by atoms with Gasteiger partial charge in [0.1, 0.15) is 5.75 Å². The highest BCUT2D eigenvalue weighted by Crippen LogP contribution is 2.36. The quantitative estimate of drug-likeness (QED) is 0.308. The van der Waals surface area contributed by atoms with Gasteiger partial charge in [-0.3, -0.25) is 9.36 Å². The van der Waals surface area contributed by atoms with Crippen LogP contribution in [0.3, 0.4) is 0 Å². The van der Waals surface area contributed by atoms with Crippen LogP contribution >= 0.6 is 11.3 Å². The molecule has 0 unspecified atom stereocenters. The number of methoxy groups -OCH3 is 1. The maximum absolute atomic E-state index is 14.0. The van der Waals surface area contributed by atoms with Crippen LogP contribution in [-0.4, -0.2) is 24.3 Å². The molecule has 198 valence electrons. The number of ether oxygens (including phenoxy) is 2. The standard InChI is InChI=1S/C32H30N2O4S/c1-5-38-31(36)27-28(23-10-7-6-8-11-23)33-32-34(29(27)24-12-9-13-25(19-24)37-4)30(35)26(39-32)18-21-14-16-22(17-15-21)20(2)3/h6-20,29H,5H2,1-4H3/b26-18-/t29-/m1/s1. The van der Waals surface area contributed by atoms with Gasteiger partial charge in [0.05, 0.1) is 35.6 Å². The van der Waals surface area contributed by atoms with E-state index in [1.54, 1.807) is 18.6 Å². The third-order valence-corrected chi connectivity index (χ3v) is 7.67. The summed E-state index contributed by atoms with van der Waals surface area (Å²) in [4.78, 5) is 32.9. The predicted molar refractivity (Wildman–Crippen MR) is 155 cm³/mol. The highest BCUT2D eigenvalue weighted by Gasteiger charge is 2.35. The van der Waals surface area contributed by atoms with Crippen LogP contribution in [0.1, 0.15) is 55.0 Å². The summed E-state index contributed by atoms with van der Waals surface area (Å²) in [5.74, 6) is 0.540. The third-order valence-electron chi connectivity index (χ3n) is 6.68. The first kappa shape index (κ1) is 26.4. The van der Waals surface area contributed by atoms with E-state index >= 15 is 0 Å². The fourth-order valence-corrected chi connectivity index (χ4v) is 5.70. The predicted octanol–water partition coefficient (Wildman–Crippen LogP) is 5.07. The highest BCUT2D eigenvalue weighted by molar-refractivity contribution is 7.07. The molecule has 1 aliphatic heterocycles. The lowest BCUT2D eigenvalue weighted by atomic mass is 9.93. The summed E-state index contributed by atoms with van der Waals surface area (Å²) < 4.78 is 13.1. The van der Waals surface area contributed by atoms with E-state index in [4.69, 9.17) is 14.5 Å². The first-order valence-corrected chi connectivity index (χ1v) is 13.7. The van der Waals surface area contributed by atoms with Gasteiger partial charge in [-0.2, -0.15) is 0 Å². The van der Waals surface area contributed by atoms with Crippen LogP contribution in [-0.2, 0) is 9.53 Å². The molecular formula is C32H30N2O4S. The Balaban J connectivity index is 1.79. The van der Waals surface area contributed by atoms with Gasteiger partial charge in [0.25, 0.3) is 5.56 Å². The van der Waals surface area contributed by atoms with Gasteiger partial charge in [0.2, 0.25) is 0 Å². The molecule has 0 saturated carbocycles. The second kappa shape index (κ2) is 11.3. The molecule has 6 nitrogen and oxygen atoms in total. The number of benzene rings is 3. The van der Waals surface area contributed by atoms with Crippen LogP contribution in [0.15, 0.2) is 94.2 Å². The number of rotatable bonds is 7. The van der Waals surface area contributed by atoms with Crippen molar-refractivity contribution in [3.05, 3.63) is 126 Å². The minimum atomic E-state index is -0.740. The number of fused-ring (bicyclic) bond motifs is 1. The van der Waals surface area contributed by atoms with E-state index in [0.29, 0.717) is 32.3 Å². The number of nitrogens with zero attached hydrogens (tertiary/aromatic N) is 2. The first-order chi connectivity index (χ1) is 18.9. The minimum Gasteiger partial charge on any atom is -0.497 e. The molecule has 1 aliphatic rings. The van der Waals surface area contributed by atoms with Gasteiger partial charge < -0.3 is 9.47 Å². The molecule has 0 spiro atoms. The number of thiazole rings is 1. The zero-order valence-corrected chi connectivity index (χ0v) is 23.2. The lowest BCUT2D eigenvalue weighted by Gasteiger charge is -2.26. The first-order valence-electron chi connectivity index (χ1n) is 12.9. The second-order valence-corrected chi connectivity index (χ2v) is 10.5.